The van der Waals surface area contributed by atoms with Crippen molar-refractivity contribution in [3.05, 3.63) is 33.3 Å². The van der Waals surface area contributed by atoms with Gasteiger partial charge < -0.3 is 10.1 Å². The number of benzene rings is 1. The summed E-state index contributed by atoms with van der Waals surface area (Å²) in [5.41, 5.74) is 0.608. The summed E-state index contributed by atoms with van der Waals surface area (Å²) in [6.45, 7) is 2.66. The molecule has 1 N–H and O–H groups in total. The molecule has 2 atom stereocenters. The lowest BCUT2D eigenvalue weighted by Crippen LogP contribution is -2.19. The van der Waals surface area contributed by atoms with Gasteiger partial charge in [0.25, 0.3) is 5.69 Å². The zero-order valence-electron chi connectivity index (χ0n) is 10.1. The van der Waals surface area contributed by atoms with Gasteiger partial charge in [-0.05, 0) is 25.8 Å². The van der Waals surface area contributed by atoms with Crippen LogP contribution in [-0.2, 0) is 4.74 Å². The Labute approximate surface area is 110 Å². The quantitative estimate of drug-likeness (QED) is 0.674. The second-order valence-electron chi connectivity index (χ2n) is 4.45. The van der Waals surface area contributed by atoms with E-state index in [-0.39, 0.29) is 17.9 Å². The maximum Gasteiger partial charge on any atom is 0.271 e. The summed E-state index contributed by atoms with van der Waals surface area (Å²) >= 11 is 5.99. The third kappa shape index (κ3) is 3.11. The molecule has 0 aliphatic carbocycles. The minimum atomic E-state index is -0.435. The second-order valence-corrected chi connectivity index (χ2v) is 4.86. The molecule has 6 heteroatoms. The summed E-state index contributed by atoms with van der Waals surface area (Å²) < 4.78 is 5.66. The van der Waals surface area contributed by atoms with Gasteiger partial charge in [0.1, 0.15) is 0 Å². The smallest absolute Gasteiger partial charge is 0.271 e. The molecule has 0 radical (unpaired) electrons. The van der Waals surface area contributed by atoms with Crippen molar-refractivity contribution >= 4 is 23.0 Å². The van der Waals surface area contributed by atoms with Gasteiger partial charge in [0.05, 0.1) is 27.8 Å². The molecular weight excluding hydrogens is 256 g/mol. The average molecular weight is 271 g/mol. The number of nitro benzene ring substituents is 1. The van der Waals surface area contributed by atoms with Crippen LogP contribution in [0.15, 0.2) is 18.2 Å². The van der Waals surface area contributed by atoms with Gasteiger partial charge in [-0.1, -0.05) is 11.6 Å². The summed E-state index contributed by atoms with van der Waals surface area (Å²) in [6, 6.07) is 4.36. The molecular formula is C12H15ClN2O3. The summed E-state index contributed by atoms with van der Waals surface area (Å²) in [5, 5.41) is 14.3. The topological polar surface area (TPSA) is 64.4 Å². The average Bonchev–Trinajstić information content (AvgIpc) is 2.74. The first kappa shape index (κ1) is 13.1. The summed E-state index contributed by atoms with van der Waals surface area (Å²) in [7, 11) is 0. The van der Waals surface area contributed by atoms with Crippen LogP contribution in [0.5, 0.6) is 0 Å². The largest absolute Gasteiger partial charge is 0.381 e. The molecule has 1 fully saturated rings. The summed E-state index contributed by atoms with van der Waals surface area (Å²) in [6.07, 6.45) is 2.49. The van der Waals surface area contributed by atoms with Crippen molar-refractivity contribution in [2.24, 2.45) is 0 Å². The highest BCUT2D eigenvalue weighted by Gasteiger charge is 2.21. The fraction of sp³-hybridized carbons (Fsp3) is 0.500. The lowest BCUT2D eigenvalue weighted by Gasteiger charge is -2.14. The zero-order valence-corrected chi connectivity index (χ0v) is 10.8. The standard InChI is InChI=1S/C12H15ClN2O3/c1-8-2-4-10(18-8)7-14-12-6-9(15(16)17)3-5-11(12)13/h3,5-6,8,10,14H,2,4,7H2,1H3. The minimum Gasteiger partial charge on any atom is -0.381 e. The number of rotatable bonds is 4. The highest BCUT2D eigenvalue weighted by molar-refractivity contribution is 6.33. The molecule has 1 aliphatic rings. The molecule has 1 heterocycles. The van der Waals surface area contributed by atoms with Crippen LogP contribution >= 0.6 is 11.6 Å². The van der Waals surface area contributed by atoms with Crippen molar-refractivity contribution in [1.82, 2.24) is 0 Å². The molecule has 1 aromatic rings. The Bertz CT molecular complexity index is 453. The highest BCUT2D eigenvalue weighted by Crippen LogP contribution is 2.27. The van der Waals surface area contributed by atoms with Gasteiger partial charge >= 0.3 is 0 Å². The molecule has 98 valence electrons. The van der Waals surface area contributed by atoms with Gasteiger partial charge in [0.2, 0.25) is 0 Å². The summed E-state index contributed by atoms with van der Waals surface area (Å²) in [4.78, 5) is 10.2. The number of halogens is 1. The van der Waals surface area contributed by atoms with Crippen LogP contribution in [0.1, 0.15) is 19.8 Å². The number of nitrogens with zero attached hydrogens (tertiary/aromatic N) is 1. The molecule has 0 aromatic heterocycles. The van der Waals surface area contributed by atoms with Crippen LogP contribution in [0.4, 0.5) is 11.4 Å². The van der Waals surface area contributed by atoms with E-state index in [2.05, 4.69) is 5.32 Å². The van der Waals surface area contributed by atoms with Crippen LogP contribution in [-0.4, -0.2) is 23.7 Å². The summed E-state index contributed by atoms with van der Waals surface area (Å²) in [5.74, 6) is 0. The maximum absolute atomic E-state index is 10.7. The Hall–Kier alpha value is -1.33. The third-order valence-electron chi connectivity index (χ3n) is 3.00. The van der Waals surface area contributed by atoms with Gasteiger partial charge in [-0.25, -0.2) is 0 Å². The second kappa shape index (κ2) is 5.54. The van der Waals surface area contributed by atoms with E-state index in [0.29, 0.717) is 17.3 Å². The van der Waals surface area contributed by atoms with Crippen molar-refractivity contribution in [3.8, 4) is 0 Å². The van der Waals surface area contributed by atoms with Crippen LogP contribution < -0.4 is 5.32 Å². The molecule has 0 amide bonds. The number of anilines is 1. The zero-order chi connectivity index (χ0) is 13.1. The molecule has 2 rings (SSSR count). The number of hydrogen-bond acceptors (Lipinski definition) is 4. The van der Waals surface area contributed by atoms with Crippen LogP contribution in [0.2, 0.25) is 5.02 Å². The lowest BCUT2D eigenvalue weighted by atomic mass is 10.2. The first-order chi connectivity index (χ1) is 8.56. The fourth-order valence-corrected chi connectivity index (χ4v) is 2.21. The number of non-ortho nitro benzene ring substituents is 1. The van der Waals surface area contributed by atoms with E-state index in [0.717, 1.165) is 12.8 Å². The van der Waals surface area contributed by atoms with Crippen LogP contribution in [0.25, 0.3) is 0 Å². The molecule has 0 spiro atoms. The minimum absolute atomic E-state index is 0.0302. The molecule has 18 heavy (non-hydrogen) atoms. The van der Waals surface area contributed by atoms with E-state index >= 15 is 0 Å². The van der Waals surface area contributed by atoms with Gasteiger partial charge in [0.15, 0.2) is 0 Å². The van der Waals surface area contributed by atoms with Crippen LogP contribution in [0, 0.1) is 10.1 Å². The van der Waals surface area contributed by atoms with Crippen LogP contribution in [0.3, 0.4) is 0 Å². The van der Waals surface area contributed by atoms with Crippen molar-refractivity contribution < 1.29 is 9.66 Å². The van der Waals surface area contributed by atoms with E-state index in [9.17, 15) is 10.1 Å². The predicted molar refractivity (Wildman–Crippen MR) is 70.2 cm³/mol. The van der Waals surface area contributed by atoms with Gasteiger partial charge in [-0.3, -0.25) is 10.1 Å². The maximum atomic E-state index is 10.7. The van der Waals surface area contributed by atoms with E-state index in [4.69, 9.17) is 16.3 Å². The molecule has 1 aromatic carbocycles. The lowest BCUT2D eigenvalue weighted by molar-refractivity contribution is -0.384. The van der Waals surface area contributed by atoms with E-state index in [1.54, 1.807) is 0 Å². The van der Waals surface area contributed by atoms with Crippen molar-refractivity contribution in [3.63, 3.8) is 0 Å². The number of nitrogens with one attached hydrogen (secondary N) is 1. The first-order valence-electron chi connectivity index (χ1n) is 5.89. The van der Waals surface area contributed by atoms with Gasteiger partial charge in [-0.15, -0.1) is 0 Å². The molecule has 0 bridgehead atoms. The predicted octanol–water partition coefficient (Wildman–Crippen LogP) is 3.23. The molecule has 2 unspecified atom stereocenters. The van der Waals surface area contributed by atoms with Crippen molar-refractivity contribution in [2.45, 2.75) is 32.0 Å². The Morgan fingerprint density at radius 2 is 2.33 bits per heavy atom. The Balaban J connectivity index is 2.00. The van der Waals surface area contributed by atoms with E-state index < -0.39 is 4.92 Å². The van der Waals surface area contributed by atoms with E-state index in [1.807, 2.05) is 6.92 Å². The Morgan fingerprint density at radius 1 is 1.56 bits per heavy atom. The number of hydrogen-bond donors (Lipinski definition) is 1. The monoisotopic (exact) mass is 270 g/mol. The number of ether oxygens (including phenoxy) is 1. The van der Waals surface area contributed by atoms with Gasteiger partial charge in [0, 0.05) is 18.7 Å². The number of nitro groups is 1. The highest BCUT2D eigenvalue weighted by atomic mass is 35.5. The Morgan fingerprint density at radius 3 is 2.94 bits per heavy atom. The molecule has 1 saturated heterocycles. The normalized spacial score (nSPS) is 23.0. The van der Waals surface area contributed by atoms with Gasteiger partial charge in [-0.2, -0.15) is 0 Å². The molecule has 1 aliphatic heterocycles. The SMILES string of the molecule is CC1CCC(CNc2cc([N+](=O)[O-])ccc2Cl)O1. The fourth-order valence-electron chi connectivity index (χ4n) is 2.02. The third-order valence-corrected chi connectivity index (χ3v) is 3.33. The van der Waals surface area contributed by atoms with Crippen molar-refractivity contribution in [2.75, 3.05) is 11.9 Å². The van der Waals surface area contributed by atoms with Crippen molar-refractivity contribution in [1.29, 1.82) is 0 Å². The first-order valence-corrected chi connectivity index (χ1v) is 6.27. The molecule has 0 saturated carbocycles. The Kier molecular flexibility index (Phi) is 4.04. The van der Waals surface area contributed by atoms with E-state index in [1.165, 1.54) is 18.2 Å². The molecule has 5 nitrogen and oxygen atoms in total.